The van der Waals surface area contributed by atoms with Crippen molar-refractivity contribution in [1.29, 1.82) is 0 Å². The normalized spacial score (nSPS) is 13.9. The number of nitrogens with two attached hydrogens (primary N) is 1. The molecular weight excluding hydrogens is 278 g/mol. The van der Waals surface area contributed by atoms with Crippen molar-refractivity contribution >= 4 is 39.2 Å². The molecule has 2 N–H and O–H groups in total. The van der Waals surface area contributed by atoms with Crippen LogP contribution in [0.4, 0.5) is 0 Å². The van der Waals surface area contributed by atoms with Crippen molar-refractivity contribution in [2.75, 3.05) is 5.75 Å². The minimum Gasteiger partial charge on any atom is -0.369 e. The molecule has 4 nitrogen and oxygen atoms in total. The van der Waals surface area contributed by atoms with Crippen molar-refractivity contribution < 1.29 is 4.79 Å². The zero-order chi connectivity index (χ0) is 13.4. The van der Waals surface area contributed by atoms with Crippen LogP contribution in [-0.4, -0.2) is 21.6 Å². The summed E-state index contributed by atoms with van der Waals surface area (Å²) in [6.07, 6.45) is 4.28. The topological polar surface area (TPSA) is 68.9 Å². The lowest BCUT2D eigenvalue weighted by Gasteiger charge is -2.05. The second-order valence-corrected chi connectivity index (χ2v) is 6.64. The predicted octanol–water partition coefficient (Wildman–Crippen LogP) is 2.32. The highest BCUT2D eigenvalue weighted by atomic mass is 32.2. The van der Waals surface area contributed by atoms with Gasteiger partial charge in [-0.3, -0.25) is 4.79 Å². The van der Waals surface area contributed by atoms with Gasteiger partial charge in [0.2, 0.25) is 5.91 Å². The zero-order valence-corrected chi connectivity index (χ0v) is 12.4. The molecule has 0 unspecified atom stereocenters. The van der Waals surface area contributed by atoms with Crippen molar-refractivity contribution in [3.63, 3.8) is 0 Å². The Morgan fingerprint density at radius 2 is 2.26 bits per heavy atom. The fourth-order valence-electron chi connectivity index (χ4n) is 2.41. The van der Waals surface area contributed by atoms with Gasteiger partial charge in [-0.15, -0.1) is 11.3 Å². The summed E-state index contributed by atoms with van der Waals surface area (Å²) in [5.74, 6) is 0.820. The first kappa shape index (κ1) is 12.9. The van der Waals surface area contributed by atoms with Crippen LogP contribution in [-0.2, 0) is 24.1 Å². The molecule has 0 saturated carbocycles. The van der Waals surface area contributed by atoms with Gasteiger partial charge < -0.3 is 5.73 Å². The van der Waals surface area contributed by atoms with Gasteiger partial charge in [-0.1, -0.05) is 18.7 Å². The van der Waals surface area contributed by atoms with Gasteiger partial charge in [0.05, 0.1) is 5.75 Å². The Kier molecular flexibility index (Phi) is 3.45. The van der Waals surface area contributed by atoms with Gasteiger partial charge in [-0.2, -0.15) is 0 Å². The molecule has 1 aliphatic rings. The summed E-state index contributed by atoms with van der Waals surface area (Å²) in [5.41, 5.74) is 6.64. The number of amides is 1. The molecule has 0 spiro atoms. The van der Waals surface area contributed by atoms with E-state index in [1.165, 1.54) is 34.0 Å². The number of fused-ring (bicyclic) bond motifs is 3. The fourth-order valence-corrected chi connectivity index (χ4v) is 4.56. The summed E-state index contributed by atoms with van der Waals surface area (Å²) in [5, 5.41) is 2.10. The number of thiophene rings is 1. The maximum Gasteiger partial charge on any atom is 0.227 e. The molecule has 2 aromatic rings. The van der Waals surface area contributed by atoms with E-state index in [1.807, 2.05) is 6.92 Å². The lowest BCUT2D eigenvalue weighted by molar-refractivity contribution is -0.115. The standard InChI is InChI=1S/C13H15N3OS2/c1-2-10-15-12(18-6-9(14)17)11-7-4-3-5-8(7)19-13(11)16-10/h2-6H2,1H3,(H2,14,17). The molecule has 100 valence electrons. The summed E-state index contributed by atoms with van der Waals surface area (Å²) < 4.78 is 0. The van der Waals surface area contributed by atoms with E-state index >= 15 is 0 Å². The molecular formula is C13H15N3OS2. The van der Waals surface area contributed by atoms with Gasteiger partial charge >= 0.3 is 0 Å². The van der Waals surface area contributed by atoms with Crippen LogP contribution in [0.25, 0.3) is 10.2 Å². The smallest absolute Gasteiger partial charge is 0.227 e. The van der Waals surface area contributed by atoms with Crippen molar-refractivity contribution in [3.05, 3.63) is 16.3 Å². The quantitative estimate of drug-likeness (QED) is 0.694. The van der Waals surface area contributed by atoms with E-state index in [4.69, 9.17) is 5.73 Å². The monoisotopic (exact) mass is 293 g/mol. The number of primary amides is 1. The number of carbonyl (C=O) groups excluding carboxylic acids is 1. The van der Waals surface area contributed by atoms with Gasteiger partial charge in [0.25, 0.3) is 0 Å². The van der Waals surface area contributed by atoms with Crippen LogP contribution in [0.15, 0.2) is 5.03 Å². The van der Waals surface area contributed by atoms with E-state index in [0.29, 0.717) is 0 Å². The van der Waals surface area contributed by atoms with Gasteiger partial charge in [0.15, 0.2) is 0 Å². The third kappa shape index (κ3) is 2.34. The Balaban J connectivity index is 2.12. The first-order valence-electron chi connectivity index (χ1n) is 6.41. The Morgan fingerprint density at radius 3 is 3.00 bits per heavy atom. The van der Waals surface area contributed by atoms with Crippen LogP contribution in [0, 0.1) is 0 Å². The molecule has 19 heavy (non-hydrogen) atoms. The highest BCUT2D eigenvalue weighted by molar-refractivity contribution is 8.00. The number of carbonyl (C=O) groups is 1. The zero-order valence-electron chi connectivity index (χ0n) is 10.7. The fraction of sp³-hybridized carbons (Fsp3) is 0.462. The van der Waals surface area contributed by atoms with Crippen LogP contribution >= 0.6 is 23.1 Å². The minimum absolute atomic E-state index is 0.278. The number of thioether (sulfide) groups is 1. The van der Waals surface area contributed by atoms with Crippen molar-refractivity contribution in [2.24, 2.45) is 5.73 Å². The number of nitrogens with zero attached hydrogens (tertiary/aromatic N) is 2. The Hall–Kier alpha value is -1.14. The third-order valence-corrected chi connectivity index (χ3v) is 5.43. The molecule has 2 heterocycles. The molecule has 0 saturated heterocycles. The molecule has 0 aliphatic heterocycles. The van der Waals surface area contributed by atoms with Crippen LogP contribution in [0.5, 0.6) is 0 Å². The molecule has 1 aliphatic carbocycles. The first-order valence-corrected chi connectivity index (χ1v) is 8.21. The lowest BCUT2D eigenvalue weighted by Crippen LogP contribution is -2.13. The highest BCUT2D eigenvalue weighted by Gasteiger charge is 2.22. The first-order chi connectivity index (χ1) is 9.19. The molecule has 0 radical (unpaired) electrons. The number of aromatic nitrogens is 2. The average molecular weight is 293 g/mol. The van der Waals surface area contributed by atoms with Crippen molar-refractivity contribution in [1.82, 2.24) is 9.97 Å². The Morgan fingerprint density at radius 1 is 1.42 bits per heavy atom. The van der Waals surface area contributed by atoms with E-state index in [-0.39, 0.29) is 11.7 Å². The molecule has 3 rings (SSSR count). The highest BCUT2D eigenvalue weighted by Crippen LogP contribution is 2.40. The van der Waals surface area contributed by atoms with Crippen LogP contribution in [0.1, 0.15) is 29.6 Å². The summed E-state index contributed by atoms with van der Waals surface area (Å²) in [6, 6.07) is 0. The lowest BCUT2D eigenvalue weighted by atomic mass is 10.2. The predicted molar refractivity (Wildman–Crippen MR) is 78.7 cm³/mol. The minimum atomic E-state index is -0.304. The molecule has 0 bridgehead atoms. The molecule has 6 heteroatoms. The number of rotatable bonds is 4. The number of aryl methyl sites for hydroxylation is 3. The second kappa shape index (κ2) is 5.09. The van der Waals surface area contributed by atoms with E-state index < -0.39 is 0 Å². The third-order valence-electron chi connectivity index (χ3n) is 3.25. The average Bonchev–Trinajstić information content (AvgIpc) is 2.95. The maximum absolute atomic E-state index is 11.0. The Labute approximate surface area is 119 Å². The maximum atomic E-state index is 11.0. The summed E-state index contributed by atoms with van der Waals surface area (Å²) in [7, 11) is 0. The SMILES string of the molecule is CCc1nc(SCC(N)=O)c2c3c(sc2n1)CCC3. The summed E-state index contributed by atoms with van der Waals surface area (Å²) in [4.78, 5) is 22.7. The molecule has 2 aromatic heterocycles. The van der Waals surface area contributed by atoms with E-state index in [1.54, 1.807) is 11.3 Å². The van der Waals surface area contributed by atoms with Crippen molar-refractivity contribution in [2.45, 2.75) is 37.6 Å². The largest absolute Gasteiger partial charge is 0.369 e. The van der Waals surface area contributed by atoms with Gasteiger partial charge in [-0.05, 0) is 24.8 Å². The molecule has 0 aromatic carbocycles. The van der Waals surface area contributed by atoms with E-state index in [2.05, 4.69) is 9.97 Å². The van der Waals surface area contributed by atoms with Gasteiger partial charge in [0.1, 0.15) is 15.7 Å². The summed E-state index contributed by atoms with van der Waals surface area (Å²) in [6.45, 7) is 2.05. The number of hydrogen-bond donors (Lipinski definition) is 1. The Bertz CT molecular complexity index is 651. The van der Waals surface area contributed by atoms with E-state index in [0.717, 1.165) is 34.9 Å². The molecule has 1 amide bonds. The van der Waals surface area contributed by atoms with Gasteiger partial charge in [-0.25, -0.2) is 9.97 Å². The van der Waals surface area contributed by atoms with Gasteiger partial charge in [0, 0.05) is 16.7 Å². The second-order valence-electron chi connectivity index (χ2n) is 4.59. The van der Waals surface area contributed by atoms with Crippen molar-refractivity contribution in [3.8, 4) is 0 Å². The van der Waals surface area contributed by atoms with E-state index in [9.17, 15) is 4.79 Å². The molecule has 0 atom stereocenters. The molecule has 0 fully saturated rings. The van der Waals surface area contributed by atoms with Crippen LogP contribution < -0.4 is 5.73 Å². The summed E-state index contributed by atoms with van der Waals surface area (Å²) >= 11 is 3.22. The van der Waals surface area contributed by atoms with Crippen LogP contribution in [0.2, 0.25) is 0 Å². The van der Waals surface area contributed by atoms with Crippen LogP contribution in [0.3, 0.4) is 0 Å². The number of hydrogen-bond acceptors (Lipinski definition) is 5.